The third-order valence-corrected chi connectivity index (χ3v) is 13.0. The van der Waals surface area contributed by atoms with Crippen LogP contribution in [0.2, 0.25) is 0 Å². The van der Waals surface area contributed by atoms with Gasteiger partial charge >= 0.3 is 35.8 Å². The van der Waals surface area contributed by atoms with E-state index in [9.17, 15) is 33.9 Å². The van der Waals surface area contributed by atoms with Crippen molar-refractivity contribution in [1.29, 1.82) is 0 Å². The summed E-state index contributed by atoms with van der Waals surface area (Å²) in [6, 6.07) is 24.4. The fraction of sp³-hybridized carbons (Fsp3) is 0.447. The van der Waals surface area contributed by atoms with Crippen LogP contribution in [0.4, 0.5) is 0 Å². The first-order valence-corrected chi connectivity index (χ1v) is 20.2. The van der Waals surface area contributed by atoms with E-state index in [1.54, 1.807) is 92.7 Å². The molecule has 0 aromatic heterocycles. The first-order chi connectivity index (χ1) is 28.8. The number of benzene rings is 3. The van der Waals surface area contributed by atoms with E-state index in [4.69, 9.17) is 33.2 Å². The lowest BCUT2D eigenvalue weighted by Crippen LogP contribution is -2.79. The average Bonchev–Trinajstić information content (AvgIpc) is 3.47. The van der Waals surface area contributed by atoms with Crippen LogP contribution >= 0.6 is 0 Å². The topological polar surface area (TPSA) is 187 Å². The summed E-state index contributed by atoms with van der Waals surface area (Å²) in [5.74, 6) is -6.03. The van der Waals surface area contributed by atoms with Crippen LogP contribution in [0.15, 0.2) is 102 Å². The second-order valence-electron chi connectivity index (χ2n) is 17.0. The Labute approximate surface area is 353 Å². The lowest BCUT2D eigenvalue weighted by atomic mass is 9.49. The van der Waals surface area contributed by atoms with Crippen molar-refractivity contribution in [2.75, 3.05) is 6.61 Å². The Bertz CT molecular complexity index is 2230. The second-order valence-corrected chi connectivity index (χ2v) is 17.0. The molecule has 10 atom stereocenters. The van der Waals surface area contributed by atoms with Gasteiger partial charge in [0.1, 0.15) is 24.4 Å². The second kappa shape index (κ2) is 16.2. The molecule has 7 rings (SSSR count). The summed E-state index contributed by atoms with van der Waals surface area (Å²) in [6.45, 7) is 9.63. The molecule has 4 aliphatic rings. The molecule has 0 radical (unpaired) electrons. The van der Waals surface area contributed by atoms with Crippen molar-refractivity contribution in [1.82, 2.24) is 0 Å². The van der Waals surface area contributed by atoms with Gasteiger partial charge in [0.15, 0.2) is 17.8 Å². The third kappa shape index (κ3) is 7.39. The Morgan fingerprint density at radius 2 is 1.16 bits per heavy atom. The Morgan fingerprint density at radius 1 is 0.672 bits per heavy atom. The maximum Gasteiger partial charge on any atom is 0.338 e. The largest absolute Gasteiger partial charge is 0.458 e. The zero-order chi connectivity index (χ0) is 44.1. The molecule has 322 valence electrons. The van der Waals surface area contributed by atoms with E-state index in [0.717, 1.165) is 6.92 Å². The summed E-state index contributed by atoms with van der Waals surface area (Å²) in [6.07, 6.45) is -8.57. The SMILES string of the molecule is CC(=O)OC1CC2(C(C)(C)O)C(=C1C)C(OC(=O)c1ccccc1)C(OC(C)=O)C1(C)C(OC(=O)c3ccccc3)CC3OCC3(OC(C)=O)C1C2OC(=O)c1ccccc1. The molecule has 0 spiro atoms. The van der Waals surface area contributed by atoms with Crippen molar-refractivity contribution in [3.05, 3.63) is 119 Å². The molecule has 2 saturated carbocycles. The molecule has 14 heteroatoms. The fourth-order valence-corrected chi connectivity index (χ4v) is 10.4. The highest BCUT2D eigenvalue weighted by molar-refractivity contribution is 5.91. The van der Waals surface area contributed by atoms with Crippen LogP contribution in [-0.2, 0) is 47.5 Å². The minimum absolute atomic E-state index is 0.112. The molecule has 3 aromatic rings. The fourth-order valence-electron chi connectivity index (χ4n) is 10.4. The number of hydrogen-bond donors (Lipinski definition) is 1. The minimum Gasteiger partial charge on any atom is -0.458 e. The molecule has 0 amide bonds. The molecule has 1 saturated heterocycles. The zero-order valence-electron chi connectivity index (χ0n) is 35.1. The number of hydrogen-bond acceptors (Lipinski definition) is 14. The van der Waals surface area contributed by atoms with Crippen molar-refractivity contribution in [2.45, 2.75) is 109 Å². The summed E-state index contributed by atoms with van der Waals surface area (Å²) < 4.78 is 44.7. The summed E-state index contributed by atoms with van der Waals surface area (Å²) in [5, 5.41) is 12.9. The van der Waals surface area contributed by atoms with Gasteiger partial charge < -0.3 is 38.3 Å². The van der Waals surface area contributed by atoms with Crippen LogP contribution in [0.1, 0.15) is 92.4 Å². The highest BCUT2D eigenvalue weighted by Crippen LogP contribution is 2.69. The quantitative estimate of drug-likeness (QED) is 0.148. The van der Waals surface area contributed by atoms with Gasteiger partial charge in [0.25, 0.3) is 0 Å². The van der Waals surface area contributed by atoms with E-state index in [1.165, 1.54) is 39.8 Å². The van der Waals surface area contributed by atoms with Gasteiger partial charge in [-0.25, -0.2) is 14.4 Å². The van der Waals surface area contributed by atoms with Crippen molar-refractivity contribution < 1.29 is 67.0 Å². The van der Waals surface area contributed by atoms with Gasteiger partial charge in [-0.05, 0) is 68.3 Å². The molecule has 10 unspecified atom stereocenters. The number of aliphatic hydroxyl groups is 1. The predicted octanol–water partition coefficient (Wildman–Crippen LogP) is 5.74. The summed E-state index contributed by atoms with van der Waals surface area (Å²) in [4.78, 5) is 83.1. The zero-order valence-corrected chi connectivity index (χ0v) is 35.1. The highest BCUT2D eigenvalue weighted by atomic mass is 16.6. The van der Waals surface area contributed by atoms with E-state index in [0.29, 0.717) is 5.57 Å². The van der Waals surface area contributed by atoms with Gasteiger partial charge in [0, 0.05) is 33.6 Å². The molecule has 3 aromatic carbocycles. The van der Waals surface area contributed by atoms with E-state index in [-0.39, 0.29) is 41.7 Å². The van der Waals surface area contributed by atoms with Crippen LogP contribution in [0.5, 0.6) is 0 Å². The van der Waals surface area contributed by atoms with E-state index in [1.807, 2.05) is 0 Å². The van der Waals surface area contributed by atoms with Crippen LogP contribution in [-0.4, -0.2) is 95.4 Å². The van der Waals surface area contributed by atoms with Crippen molar-refractivity contribution in [3.8, 4) is 0 Å². The lowest BCUT2D eigenvalue weighted by molar-refractivity contribution is -0.350. The van der Waals surface area contributed by atoms with Crippen LogP contribution in [0.25, 0.3) is 0 Å². The number of carbonyl (C=O) groups is 6. The highest BCUT2D eigenvalue weighted by Gasteiger charge is 2.81. The molecule has 61 heavy (non-hydrogen) atoms. The van der Waals surface area contributed by atoms with Crippen LogP contribution in [0, 0.1) is 16.7 Å². The molecule has 1 N–H and O–H groups in total. The third-order valence-electron chi connectivity index (χ3n) is 13.0. The van der Waals surface area contributed by atoms with Gasteiger partial charge in [-0.2, -0.15) is 0 Å². The first-order valence-electron chi connectivity index (χ1n) is 20.2. The maximum absolute atomic E-state index is 14.7. The monoisotopic (exact) mass is 838 g/mol. The van der Waals surface area contributed by atoms with Gasteiger partial charge in [-0.3, -0.25) is 14.4 Å². The number of esters is 6. The normalized spacial score (nSPS) is 31.4. The molecule has 3 fully saturated rings. The molecular formula is C47H50O14. The molecule has 1 heterocycles. The van der Waals surface area contributed by atoms with Gasteiger partial charge in [0.05, 0.1) is 45.6 Å². The summed E-state index contributed by atoms with van der Waals surface area (Å²) in [5.41, 5.74) is -6.42. The average molecular weight is 839 g/mol. The summed E-state index contributed by atoms with van der Waals surface area (Å²) >= 11 is 0. The van der Waals surface area contributed by atoms with Gasteiger partial charge in [-0.15, -0.1) is 0 Å². The van der Waals surface area contributed by atoms with Crippen LogP contribution in [0.3, 0.4) is 0 Å². The smallest absolute Gasteiger partial charge is 0.338 e. The molecular weight excluding hydrogens is 789 g/mol. The molecule has 3 aliphatic carbocycles. The Morgan fingerprint density at radius 3 is 1.61 bits per heavy atom. The van der Waals surface area contributed by atoms with E-state index < -0.39 is 100 Å². The Kier molecular flexibility index (Phi) is 11.5. The van der Waals surface area contributed by atoms with Crippen molar-refractivity contribution >= 4 is 35.8 Å². The predicted molar refractivity (Wildman–Crippen MR) is 215 cm³/mol. The first kappa shape index (κ1) is 43.2. The summed E-state index contributed by atoms with van der Waals surface area (Å²) in [7, 11) is 0. The van der Waals surface area contributed by atoms with E-state index in [2.05, 4.69) is 0 Å². The van der Waals surface area contributed by atoms with Crippen molar-refractivity contribution in [3.63, 3.8) is 0 Å². The maximum atomic E-state index is 14.7. The number of ether oxygens (including phenoxy) is 7. The van der Waals surface area contributed by atoms with Gasteiger partial charge in [0.2, 0.25) is 0 Å². The molecule has 0 bridgehead atoms. The number of carbonyl (C=O) groups excluding carboxylic acids is 6. The van der Waals surface area contributed by atoms with Crippen molar-refractivity contribution in [2.24, 2.45) is 16.7 Å². The van der Waals surface area contributed by atoms with Gasteiger partial charge in [-0.1, -0.05) is 61.5 Å². The lowest BCUT2D eigenvalue weighted by Gasteiger charge is -2.65. The van der Waals surface area contributed by atoms with E-state index >= 15 is 0 Å². The molecule has 14 nitrogen and oxygen atoms in total. The standard InChI is InChI=1S/C47H50O14/c1-26-33(56-27(2)48)24-46(44(5,6)54)36(26)37(59-42(52)31-19-13-9-14-20-31)39(57-28(3)49)45(7)34(58-41(51)30-17-11-8-12-18-30)23-35-47(25-55-35,61-29(4)50)38(45)40(46)60-43(53)32-21-15-10-16-22-32/h8-22,33-35,37-40,54H,23-25H2,1-7H3. The Balaban J connectivity index is 1.60. The minimum atomic E-state index is -1.96. The van der Waals surface area contributed by atoms with Crippen LogP contribution < -0.4 is 0 Å². The molecule has 1 aliphatic heterocycles. The Hall–Kier alpha value is -5.86. The number of fused-ring (bicyclic) bond motifs is 4. The number of rotatable bonds is 10.